The lowest BCUT2D eigenvalue weighted by Crippen LogP contribution is -2.37. The zero-order valence-electron chi connectivity index (χ0n) is 19.7. The standard InChI is InChI=1S/C30H28FNO3/c1-20(26-13-7-10-21-9-2-3-12-27(21)26)8-6-11-25-19-32(28-14-4-5-15-29(28)35-25)24-17-22(30(33)34)16-23(31)18-24/h2-5,7,9-10,12-18,20,25H,6,8,11,19H2,1H3,(H,33,34)/t20-,25?/m0/s1. The maximum absolute atomic E-state index is 14.3. The fourth-order valence-electron chi connectivity index (χ4n) is 5.03. The molecule has 0 aromatic heterocycles. The molecule has 0 saturated heterocycles. The van der Waals surface area contributed by atoms with E-state index in [9.17, 15) is 14.3 Å². The number of carboxylic acid groups (broad SMARTS) is 1. The van der Waals surface area contributed by atoms with Crippen LogP contribution in [0.15, 0.2) is 84.9 Å². The van der Waals surface area contributed by atoms with Crippen LogP contribution in [0.5, 0.6) is 5.75 Å². The SMILES string of the molecule is C[C@@H](CCCC1CN(c2cc(F)cc(C(=O)O)c2)c2ccccc2O1)c1cccc2ccccc12. The van der Waals surface area contributed by atoms with E-state index >= 15 is 0 Å². The van der Waals surface area contributed by atoms with E-state index in [2.05, 4.69) is 49.4 Å². The Bertz CT molecular complexity index is 1360. The Kier molecular flexibility index (Phi) is 6.41. The molecule has 4 aromatic carbocycles. The molecule has 0 bridgehead atoms. The third kappa shape index (κ3) is 4.85. The lowest BCUT2D eigenvalue weighted by Gasteiger charge is -2.36. The van der Waals surface area contributed by atoms with Crippen molar-refractivity contribution in [3.63, 3.8) is 0 Å². The average molecular weight is 470 g/mol. The fraction of sp³-hybridized carbons (Fsp3) is 0.233. The molecular formula is C30H28FNO3. The van der Waals surface area contributed by atoms with Gasteiger partial charge >= 0.3 is 5.97 Å². The molecule has 0 saturated carbocycles. The van der Waals surface area contributed by atoms with Crippen molar-refractivity contribution in [3.05, 3.63) is 102 Å². The normalized spacial score (nSPS) is 15.9. The van der Waals surface area contributed by atoms with E-state index in [1.165, 1.54) is 28.5 Å². The summed E-state index contributed by atoms with van der Waals surface area (Å²) in [6.45, 7) is 2.80. The molecule has 0 spiro atoms. The van der Waals surface area contributed by atoms with Crippen LogP contribution in [0.3, 0.4) is 0 Å². The van der Waals surface area contributed by atoms with E-state index in [4.69, 9.17) is 4.74 Å². The Morgan fingerprint density at radius 1 is 1.06 bits per heavy atom. The first-order valence-electron chi connectivity index (χ1n) is 12.0. The Morgan fingerprint density at radius 3 is 2.69 bits per heavy atom. The highest BCUT2D eigenvalue weighted by Gasteiger charge is 2.27. The van der Waals surface area contributed by atoms with Crippen molar-refractivity contribution in [1.29, 1.82) is 0 Å². The topological polar surface area (TPSA) is 49.8 Å². The largest absolute Gasteiger partial charge is 0.486 e. The van der Waals surface area contributed by atoms with Crippen molar-refractivity contribution >= 4 is 28.1 Å². The second-order valence-corrected chi connectivity index (χ2v) is 9.22. The summed E-state index contributed by atoms with van der Waals surface area (Å²) in [6, 6.07) is 26.6. The molecule has 1 heterocycles. The first kappa shape index (κ1) is 22.9. The maximum Gasteiger partial charge on any atom is 0.335 e. The number of anilines is 2. The second kappa shape index (κ2) is 9.79. The zero-order chi connectivity index (χ0) is 24.4. The van der Waals surface area contributed by atoms with Gasteiger partial charge in [-0.05, 0) is 71.8 Å². The summed E-state index contributed by atoms with van der Waals surface area (Å²) < 4.78 is 20.6. The monoisotopic (exact) mass is 469 g/mol. The average Bonchev–Trinajstić information content (AvgIpc) is 2.87. The van der Waals surface area contributed by atoms with E-state index in [0.29, 0.717) is 18.2 Å². The number of fused-ring (bicyclic) bond motifs is 2. The Labute approximate surface area is 204 Å². The van der Waals surface area contributed by atoms with E-state index < -0.39 is 11.8 Å². The van der Waals surface area contributed by atoms with E-state index in [0.717, 1.165) is 36.8 Å². The number of hydrogen-bond donors (Lipinski definition) is 1. The van der Waals surface area contributed by atoms with Crippen LogP contribution in [0.1, 0.15) is 48.0 Å². The van der Waals surface area contributed by atoms with Gasteiger partial charge in [-0.3, -0.25) is 0 Å². The Morgan fingerprint density at radius 2 is 1.83 bits per heavy atom. The fourth-order valence-corrected chi connectivity index (χ4v) is 5.03. The number of hydrogen-bond acceptors (Lipinski definition) is 3. The number of carbonyl (C=O) groups is 1. The minimum Gasteiger partial charge on any atom is -0.486 e. The van der Waals surface area contributed by atoms with Gasteiger partial charge in [0.2, 0.25) is 0 Å². The molecular weight excluding hydrogens is 441 g/mol. The van der Waals surface area contributed by atoms with Crippen LogP contribution in [0.4, 0.5) is 15.8 Å². The Hall–Kier alpha value is -3.86. The maximum atomic E-state index is 14.3. The van der Waals surface area contributed by atoms with Crippen molar-refractivity contribution in [2.24, 2.45) is 0 Å². The highest BCUT2D eigenvalue weighted by molar-refractivity contribution is 5.89. The molecule has 4 aromatic rings. The van der Waals surface area contributed by atoms with Crippen molar-refractivity contribution in [3.8, 4) is 5.75 Å². The lowest BCUT2D eigenvalue weighted by molar-refractivity contribution is 0.0696. The van der Waals surface area contributed by atoms with Crippen molar-refractivity contribution in [1.82, 2.24) is 0 Å². The van der Waals surface area contributed by atoms with Gasteiger partial charge in [0.15, 0.2) is 0 Å². The molecule has 35 heavy (non-hydrogen) atoms. The first-order chi connectivity index (χ1) is 17.0. The molecule has 0 aliphatic carbocycles. The lowest BCUT2D eigenvalue weighted by atomic mass is 9.90. The minimum atomic E-state index is -1.15. The number of para-hydroxylation sites is 2. The van der Waals surface area contributed by atoms with Crippen molar-refractivity contribution in [2.45, 2.75) is 38.2 Å². The van der Waals surface area contributed by atoms with Crippen molar-refractivity contribution < 1.29 is 19.0 Å². The first-order valence-corrected chi connectivity index (χ1v) is 12.0. The molecule has 0 fully saturated rings. The van der Waals surface area contributed by atoms with Gasteiger partial charge in [-0.25, -0.2) is 9.18 Å². The van der Waals surface area contributed by atoms with Gasteiger partial charge in [-0.15, -0.1) is 0 Å². The van der Waals surface area contributed by atoms with Gasteiger partial charge in [-0.1, -0.05) is 61.5 Å². The van der Waals surface area contributed by atoms with E-state index in [1.54, 1.807) is 0 Å². The van der Waals surface area contributed by atoms with Gasteiger partial charge in [0.05, 0.1) is 17.8 Å². The van der Waals surface area contributed by atoms with Gasteiger partial charge in [0.25, 0.3) is 0 Å². The van der Waals surface area contributed by atoms with Gasteiger partial charge in [0, 0.05) is 5.69 Å². The van der Waals surface area contributed by atoms with Crippen LogP contribution in [0.2, 0.25) is 0 Å². The van der Waals surface area contributed by atoms with Crippen LogP contribution in [-0.4, -0.2) is 23.7 Å². The van der Waals surface area contributed by atoms with Crippen LogP contribution in [-0.2, 0) is 0 Å². The molecule has 0 amide bonds. The van der Waals surface area contributed by atoms with Crippen LogP contribution in [0.25, 0.3) is 10.8 Å². The number of nitrogens with zero attached hydrogens (tertiary/aromatic N) is 1. The van der Waals surface area contributed by atoms with Crippen LogP contribution in [0, 0.1) is 5.82 Å². The Balaban J connectivity index is 1.32. The number of carboxylic acids is 1. The molecule has 5 rings (SSSR count). The third-order valence-electron chi connectivity index (χ3n) is 6.79. The predicted molar refractivity (Wildman–Crippen MR) is 137 cm³/mol. The second-order valence-electron chi connectivity index (χ2n) is 9.22. The molecule has 178 valence electrons. The van der Waals surface area contributed by atoms with E-state index in [-0.39, 0.29) is 11.7 Å². The molecule has 4 nitrogen and oxygen atoms in total. The summed E-state index contributed by atoms with van der Waals surface area (Å²) in [7, 11) is 0. The molecule has 1 unspecified atom stereocenters. The van der Waals surface area contributed by atoms with Gasteiger partial charge in [-0.2, -0.15) is 0 Å². The number of aromatic carboxylic acids is 1. The number of halogens is 1. The molecule has 1 aliphatic heterocycles. The third-order valence-corrected chi connectivity index (χ3v) is 6.79. The number of ether oxygens (including phenoxy) is 1. The quantitative estimate of drug-likeness (QED) is 0.304. The van der Waals surface area contributed by atoms with Gasteiger partial charge in [0.1, 0.15) is 17.7 Å². The summed E-state index contributed by atoms with van der Waals surface area (Å²) in [5.74, 6) is -0.572. The predicted octanol–water partition coefficient (Wildman–Crippen LogP) is 7.55. The molecule has 5 heteroatoms. The van der Waals surface area contributed by atoms with Crippen LogP contribution < -0.4 is 9.64 Å². The number of benzene rings is 4. The minimum absolute atomic E-state index is 0.0653. The number of rotatable bonds is 7. The summed E-state index contributed by atoms with van der Waals surface area (Å²) in [4.78, 5) is 13.5. The van der Waals surface area contributed by atoms with Gasteiger partial charge < -0.3 is 14.7 Å². The summed E-state index contributed by atoms with van der Waals surface area (Å²) in [5, 5.41) is 12.0. The zero-order valence-corrected chi connectivity index (χ0v) is 19.7. The van der Waals surface area contributed by atoms with E-state index in [1.807, 2.05) is 29.2 Å². The smallest absolute Gasteiger partial charge is 0.335 e. The summed E-state index contributed by atoms with van der Waals surface area (Å²) in [5.41, 5.74) is 2.63. The molecule has 1 N–H and O–H groups in total. The summed E-state index contributed by atoms with van der Waals surface area (Å²) >= 11 is 0. The molecule has 2 atom stereocenters. The summed E-state index contributed by atoms with van der Waals surface area (Å²) in [6.07, 6.45) is 2.77. The van der Waals surface area contributed by atoms with Crippen molar-refractivity contribution in [2.75, 3.05) is 11.4 Å². The van der Waals surface area contributed by atoms with Crippen LogP contribution >= 0.6 is 0 Å². The highest BCUT2D eigenvalue weighted by Crippen LogP contribution is 2.39. The molecule has 1 aliphatic rings. The highest BCUT2D eigenvalue weighted by atomic mass is 19.1. The molecule has 0 radical (unpaired) electrons.